The van der Waals surface area contributed by atoms with Crippen molar-refractivity contribution in [2.24, 2.45) is 0 Å². The van der Waals surface area contributed by atoms with Gasteiger partial charge in [-0.25, -0.2) is 0 Å². The van der Waals surface area contributed by atoms with Gasteiger partial charge in [0.15, 0.2) is 0 Å². The molecule has 1 N–H and O–H groups in total. The van der Waals surface area contributed by atoms with Gasteiger partial charge in [0.25, 0.3) is 0 Å². The number of nitrogens with zero attached hydrogens (tertiary/aromatic N) is 1. The maximum atomic E-state index is 12.3. The van der Waals surface area contributed by atoms with Crippen molar-refractivity contribution in [2.45, 2.75) is 39.2 Å². The van der Waals surface area contributed by atoms with Gasteiger partial charge in [0.05, 0.1) is 0 Å². The Balaban J connectivity index is 1.91. The fourth-order valence-electron chi connectivity index (χ4n) is 2.43. The highest BCUT2D eigenvalue weighted by molar-refractivity contribution is 5.77. The van der Waals surface area contributed by atoms with E-state index in [1.165, 1.54) is 0 Å². The van der Waals surface area contributed by atoms with Crippen LogP contribution in [0.15, 0.2) is 16.5 Å². The maximum absolute atomic E-state index is 12.3. The van der Waals surface area contributed by atoms with Crippen LogP contribution in [0.1, 0.15) is 31.8 Å². The summed E-state index contributed by atoms with van der Waals surface area (Å²) < 4.78 is 5.49. The molecule has 100 valence electrons. The molecular formula is C14H22N2O2. The Morgan fingerprint density at radius 2 is 2.28 bits per heavy atom. The minimum absolute atomic E-state index is 0.0889. The molecule has 0 spiro atoms. The summed E-state index contributed by atoms with van der Waals surface area (Å²) >= 11 is 0. The minimum atomic E-state index is -0.0889. The summed E-state index contributed by atoms with van der Waals surface area (Å²) in [6.45, 7) is 8.67. The quantitative estimate of drug-likeness (QED) is 0.888. The largest absolute Gasteiger partial charge is 0.466 e. The summed E-state index contributed by atoms with van der Waals surface area (Å²) in [6.07, 6.45) is 1.21. The molecule has 18 heavy (non-hydrogen) atoms. The smallest absolute Gasteiger partial charge is 0.223 e. The summed E-state index contributed by atoms with van der Waals surface area (Å²) in [5, 5.41) is 3.32. The fourth-order valence-corrected chi connectivity index (χ4v) is 2.43. The Bertz CT molecular complexity index is 423. The number of furan rings is 1. The molecular weight excluding hydrogens is 228 g/mol. The highest BCUT2D eigenvalue weighted by Crippen LogP contribution is 2.18. The molecule has 0 aliphatic carbocycles. The molecule has 0 aromatic carbocycles. The average Bonchev–Trinajstić information content (AvgIpc) is 2.71. The van der Waals surface area contributed by atoms with Crippen LogP contribution in [0.3, 0.4) is 0 Å². The number of aryl methyl sites for hydroxylation is 2. The molecule has 1 aromatic rings. The molecule has 1 amide bonds. The molecule has 1 aliphatic heterocycles. The monoisotopic (exact) mass is 250 g/mol. The second-order valence-electron chi connectivity index (χ2n) is 5.55. The predicted molar refractivity (Wildman–Crippen MR) is 70.4 cm³/mol. The third-order valence-corrected chi connectivity index (χ3v) is 3.48. The molecule has 4 heteroatoms. The molecule has 0 radical (unpaired) electrons. The number of carbonyl (C=O) groups excluding carboxylic acids is 1. The molecule has 4 nitrogen and oxygen atoms in total. The van der Waals surface area contributed by atoms with E-state index < -0.39 is 0 Å². The molecule has 1 saturated heterocycles. The van der Waals surface area contributed by atoms with Crippen molar-refractivity contribution in [1.82, 2.24) is 10.2 Å². The molecule has 0 atom stereocenters. The third kappa shape index (κ3) is 2.93. The average molecular weight is 250 g/mol. The van der Waals surface area contributed by atoms with Gasteiger partial charge >= 0.3 is 0 Å². The van der Waals surface area contributed by atoms with E-state index >= 15 is 0 Å². The van der Waals surface area contributed by atoms with E-state index in [0.29, 0.717) is 12.8 Å². The Hall–Kier alpha value is -1.29. The first-order chi connectivity index (χ1) is 8.49. The Morgan fingerprint density at radius 3 is 2.89 bits per heavy atom. The van der Waals surface area contributed by atoms with Gasteiger partial charge in [0, 0.05) is 38.0 Å². The Labute approximate surface area is 108 Å². The number of amides is 1. The standard InChI is InChI=1S/C14H22N2O2/c1-11-4-5-12(18-11)6-7-13(17)16-9-8-15-10-14(16,2)3/h4-5,15H,6-10H2,1-3H3. The fraction of sp³-hybridized carbons (Fsp3) is 0.643. The lowest BCUT2D eigenvalue weighted by molar-refractivity contribution is -0.137. The summed E-state index contributed by atoms with van der Waals surface area (Å²) in [6, 6.07) is 3.89. The van der Waals surface area contributed by atoms with Crippen molar-refractivity contribution >= 4 is 5.91 Å². The van der Waals surface area contributed by atoms with Crippen molar-refractivity contribution in [2.75, 3.05) is 19.6 Å². The first-order valence-electron chi connectivity index (χ1n) is 6.55. The highest BCUT2D eigenvalue weighted by atomic mass is 16.3. The Morgan fingerprint density at radius 1 is 1.50 bits per heavy atom. The second-order valence-corrected chi connectivity index (χ2v) is 5.55. The van der Waals surface area contributed by atoms with Gasteiger partial charge in [-0.1, -0.05) is 0 Å². The Kier molecular flexibility index (Phi) is 3.76. The van der Waals surface area contributed by atoms with E-state index in [2.05, 4.69) is 19.2 Å². The van der Waals surface area contributed by atoms with Gasteiger partial charge in [-0.3, -0.25) is 4.79 Å². The number of nitrogens with one attached hydrogen (secondary N) is 1. The van der Waals surface area contributed by atoms with Crippen molar-refractivity contribution in [3.63, 3.8) is 0 Å². The predicted octanol–water partition coefficient (Wildman–Crippen LogP) is 1.73. The van der Waals surface area contributed by atoms with Gasteiger partial charge in [-0.05, 0) is 32.9 Å². The molecule has 1 aliphatic rings. The number of piperazine rings is 1. The van der Waals surface area contributed by atoms with Crippen LogP contribution in [0, 0.1) is 6.92 Å². The van der Waals surface area contributed by atoms with Crippen LogP contribution in [0.2, 0.25) is 0 Å². The van der Waals surface area contributed by atoms with Crippen LogP contribution in [-0.4, -0.2) is 36.0 Å². The number of rotatable bonds is 3. The van der Waals surface area contributed by atoms with Gasteiger partial charge < -0.3 is 14.6 Å². The van der Waals surface area contributed by atoms with Crippen LogP contribution in [0.25, 0.3) is 0 Å². The van der Waals surface area contributed by atoms with Crippen LogP contribution in [-0.2, 0) is 11.2 Å². The summed E-state index contributed by atoms with van der Waals surface area (Å²) in [5.41, 5.74) is -0.0889. The normalized spacial score (nSPS) is 18.9. The van der Waals surface area contributed by atoms with Crippen molar-refractivity contribution < 1.29 is 9.21 Å². The van der Waals surface area contributed by atoms with Gasteiger partial charge in [-0.15, -0.1) is 0 Å². The lowest BCUT2D eigenvalue weighted by Gasteiger charge is -2.43. The lowest BCUT2D eigenvalue weighted by Crippen LogP contribution is -2.59. The van der Waals surface area contributed by atoms with Crippen molar-refractivity contribution in [3.05, 3.63) is 23.7 Å². The van der Waals surface area contributed by atoms with Crippen molar-refractivity contribution in [3.8, 4) is 0 Å². The topological polar surface area (TPSA) is 45.5 Å². The highest BCUT2D eigenvalue weighted by Gasteiger charge is 2.32. The first kappa shape index (κ1) is 13.1. The molecule has 1 fully saturated rings. The zero-order chi connectivity index (χ0) is 13.2. The maximum Gasteiger partial charge on any atom is 0.223 e. The van der Waals surface area contributed by atoms with E-state index in [1.54, 1.807) is 0 Å². The van der Waals surface area contributed by atoms with E-state index in [9.17, 15) is 4.79 Å². The molecule has 1 aromatic heterocycles. The molecule has 2 rings (SSSR count). The SMILES string of the molecule is Cc1ccc(CCC(=O)N2CCNCC2(C)C)o1. The van der Waals surface area contributed by atoms with E-state index in [4.69, 9.17) is 4.42 Å². The summed E-state index contributed by atoms with van der Waals surface area (Å²) in [4.78, 5) is 14.2. The molecule has 2 heterocycles. The zero-order valence-electron chi connectivity index (χ0n) is 11.5. The number of hydrogen-bond acceptors (Lipinski definition) is 3. The van der Waals surface area contributed by atoms with Crippen LogP contribution >= 0.6 is 0 Å². The number of hydrogen-bond donors (Lipinski definition) is 1. The van der Waals surface area contributed by atoms with Crippen molar-refractivity contribution in [1.29, 1.82) is 0 Å². The summed E-state index contributed by atoms with van der Waals surface area (Å²) in [5.74, 6) is 2.02. The van der Waals surface area contributed by atoms with E-state index in [1.807, 2.05) is 24.0 Å². The first-order valence-corrected chi connectivity index (χ1v) is 6.55. The van der Waals surface area contributed by atoms with Crippen LogP contribution in [0.4, 0.5) is 0 Å². The lowest BCUT2D eigenvalue weighted by atomic mass is 9.99. The van der Waals surface area contributed by atoms with Gasteiger partial charge in [0.2, 0.25) is 5.91 Å². The zero-order valence-corrected chi connectivity index (χ0v) is 11.5. The second kappa shape index (κ2) is 5.14. The molecule has 0 saturated carbocycles. The van der Waals surface area contributed by atoms with Crippen LogP contribution < -0.4 is 5.32 Å². The van der Waals surface area contributed by atoms with Gasteiger partial charge in [0.1, 0.15) is 11.5 Å². The van der Waals surface area contributed by atoms with E-state index in [0.717, 1.165) is 31.2 Å². The van der Waals surface area contributed by atoms with E-state index in [-0.39, 0.29) is 11.4 Å². The minimum Gasteiger partial charge on any atom is -0.466 e. The number of carbonyl (C=O) groups is 1. The van der Waals surface area contributed by atoms with Gasteiger partial charge in [-0.2, -0.15) is 0 Å². The molecule has 0 bridgehead atoms. The molecule has 0 unspecified atom stereocenters. The summed E-state index contributed by atoms with van der Waals surface area (Å²) in [7, 11) is 0. The van der Waals surface area contributed by atoms with Crippen LogP contribution in [0.5, 0.6) is 0 Å². The third-order valence-electron chi connectivity index (χ3n) is 3.48.